The number of thiazole rings is 1. The molecule has 1 aromatic heterocycles. The van der Waals surface area contributed by atoms with Crippen molar-refractivity contribution < 1.29 is 0 Å². The first-order valence-corrected chi connectivity index (χ1v) is 8.16. The van der Waals surface area contributed by atoms with Gasteiger partial charge in [0, 0.05) is 27.6 Å². The predicted octanol–water partition coefficient (Wildman–Crippen LogP) is 5.13. The molecule has 1 heterocycles. The van der Waals surface area contributed by atoms with E-state index >= 15 is 0 Å². The van der Waals surface area contributed by atoms with Crippen molar-refractivity contribution in [3.05, 3.63) is 50.4 Å². The van der Waals surface area contributed by atoms with Gasteiger partial charge in [0.15, 0.2) is 0 Å². The van der Waals surface area contributed by atoms with E-state index in [0.717, 1.165) is 22.5 Å². The quantitative estimate of drug-likeness (QED) is 0.700. The van der Waals surface area contributed by atoms with E-state index in [1.165, 1.54) is 15.4 Å². The number of halogens is 2. The van der Waals surface area contributed by atoms with Crippen LogP contribution in [0.3, 0.4) is 0 Å². The maximum Gasteiger partial charge on any atom is 0.0937 e. The van der Waals surface area contributed by atoms with Crippen molar-refractivity contribution in [2.45, 2.75) is 26.2 Å². The number of aromatic nitrogens is 1. The van der Waals surface area contributed by atoms with Gasteiger partial charge in [0.25, 0.3) is 0 Å². The van der Waals surface area contributed by atoms with E-state index in [4.69, 9.17) is 11.6 Å². The van der Waals surface area contributed by atoms with Crippen LogP contribution in [0.4, 0.5) is 0 Å². The molecular formula is C14H15BrClNS. The first-order valence-electron chi connectivity index (χ1n) is 5.85. The molecule has 0 saturated carbocycles. The minimum atomic E-state index is 0.378. The summed E-state index contributed by atoms with van der Waals surface area (Å²) in [4.78, 5) is 5.91. The second-order valence-electron chi connectivity index (χ2n) is 4.33. The molecule has 18 heavy (non-hydrogen) atoms. The Bertz CT molecular complexity index is 519. The van der Waals surface area contributed by atoms with Crippen LogP contribution in [0.15, 0.2) is 24.3 Å². The highest BCUT2D eigenvalue weighted by molar-refractivity contribution is 9.09. The molecular weight excluding hydrogens is 330 g/mol. The highest BCUT2D eigenvalue weighted by atomic mass is 79.9. The molecule has 0 saturated heterocycles. The Morgan fingerprint density at radius 3 is 2.61 bits per heavy atom. The average molecular weight is 345 g/mol. The third-order valence-electron chi connectivity index (χ3n) is 3.03. The Morgan fingerprint density at radius 2 is 2.06 bits per heavy atom. The minimum absolute atomic E-state index is 0.378. The molecule has 0 amide bonds. The molecule has 1 atom stereocenters. The molecule has 2 rings (SSSR count). The van der Waals surface area contributed by atoms with Crippen LogP contribution in [0, 0.1) is 13.8 Å². The van der Waals surface area contributed by atoms with E-state index in [0.29, 0.717) is 5.92 Å². The Morgan fingerprint density at radius 1 is 1.33 bits per heavy atom. The summed E-state index contributed by atoms with van der Waals surface area (Å²) in [6, 6.07) is 8.05. The van der Waals surface area contributed by atoms with Gasteiger partial charge in [-0.2, -0.15) is 0 Å². The third-order valence-corrected chi connectivity index (χ3v) is 5.25. The van der Waals surface area contributed by atoms with Crippen molar-refractivity contribution in [1.29, 1.82) is 0 Å². The Balaban J connectivity index is 2.22. The van der Waals surface area contributed by atoms with E-state index in [1.54, 1.807) is 11.3 Å². The molecule has 0 radical (unpaired) electrons. The molecule has 0 aliphatic rings. The highest BCUT2D eigenvalue weighted by Crippen LogP contribution is 2.30. The van der Waals surface area contributed by atoms with Crippen LogP contribution in [0.1, 0.15) is 27.1 Å². The molecule has 1 unspecified atom stereocenters. The first kappa shape index (κ1) is 14.0. The van der Waals surface area contributed by atoms with Gasteiger partial charge in [0.1, 0.15) is 0 Å². The minimum Gasteiger partial charge on any atom is -0.246 e. The van der Waals surface area contributed by atoms with Crippen molar-refractivity contribution in [3.8, 4) is 0 Å². The zero-order chi connectivity index (χ0) is 13.1. The fraction of sp³-hybridized carbons (Fsp3) is 0.357. The lowest BCUT2D eigenvalue weighted by Gasteiger charge is -2.14. The molecule has 0 spiro atoms. The lowest BCUT2D eigenvalue weighted by atomic mass is 9.98. The predicted molar refractivity (Wildman–Crippen MR) is 83.3 cm³/mol. The number of benzene rings is 1. The van der Waals surface area contributed by atoms with Crippen LogP contribution in [-0.4, -0.2) is 10.3 Å². The van der Waals surface area contributed by atoms with Crippen LogP contribution in [0.2, 0.25) is 5.02 Å². The lowest BCUT2D eigenvalue weighted by Crippen LogP contribution is -2.05. The summed E-state index contributed by atoms with van der Waals surface area (Å²) < 4.78 is 0. The van der Waals surface area contributed by atoms with Gasteiger partial charge >= 0.3 is 0 Å². The van der Waals surface area contributed by atoms with E-state index in [1.807, 2.05) is 18.2 Å². The van der Waals surface area contributed by atoms with Crippen LogP contribution >= 0.6 is 38.9 Å². The molecule has 4 heteroatoms. The zero-order valence-electron chi connectivity index (χ0n) is 10.4. The fourth-order valence-electron chi connectivity index (χ4n) is 1.89. The van der Waals surface area contributed by atoms with Crippen LogP contribution in [0.25, 0.3) is 0 Å². The van der Waals surface area contributed by atoms with Gasteiger partial charge < -0.3 is 0 Å². The fourth-order valence-corrected chi connectivity index (χ4v) is 3.77. The summed E-state index contributed by atoms with van der Waals surface area (Å²) >= 11 is 11.6. The molecule has 96 valence electrons. The molecule has 0 fully saturated rings. The molecule has 0 bridgehead atoms. The van der Waals surface area contributed by atoms with Gasteiger partial charge in [-0.1, -0.05) is 45.7 Å². The van der Waals surface area contributed by atoms with Gasteiger partial charge in [-0.15, -0.1) is 11.3 Å². The lowest BCUT2D eigenvalue weighted by molar-refractivity contribution is 0.768. The number of hydrogen-bond acceptors (Lipinski definition) is 2. The van der Waals surface area contributed by atoms with Crippen molar-refractivity contribution >= 4 is 38.9 Å². The van der Waals surface area contributed by atoms with Crippen molar-refractivity contribution in [3.63, 3.8) is 0 Å². The molecule has 1 nitrogen and oxygen atoms in total. The summed E-state index contributed by atoms with van der Waals surface area (Å²) in [5.41, 5.74) is 2.34. The molecule has 0 aliphatic heterocycles. The molecule has 0 N–H and O–H groups in total. The average Bonchev–Trinajstić information content (AvgIpc) is 2.66. The van der Waals surface area contributed by atoms with E-state index in [2.05, 4.69) is 40.8 Å². The van der Waals surface area contributed by atoms with Crippen molar-refractivity contribution in [2.75, 3.05) is 5.33 Å². The maximum absolute atomic E-state index is 6.26. The summed E-state index contributed by atoms with van der Waals surface area (Å²) in [7, 11) is 0. The Kier molecular flexibility index (Phi) is 4.82. The number of nitrogens with zero attached hydrogens (tertiary/aromatic N) is 1. The van der Waals surface area contributed by atoms with Crippen LogP contribution < -0.4 is 0 Å². The van der Waals surface area contributed by atoms with Gasteiger partial charge in [0.2, 0.25) is 0 Å². The Hall–Kier alpha value is -0.380. The summed E-state index contributed by atoms with van der Waals surface area (Å²) in [5, 5.41) is 2.93. The number of rotatable bonds is 4. The third kappa shape index (κ3) is 3.14. The second-order valence-corrected chi connectivity index (χ2v) is 6.67. The largest absolute Gasteiger partial charge is 0.246 e. The van der Waals surface area contributed by atoms with Gasteiger partial charge in [-0.3, -0.25) is 0 Å². The van der Waals surface area contributed by atoms with Crippen LogP contribution in [0.5, 0.6) is 0 Å². The van der Waals surface area contributed by atoms with Crippen molar-refractivity contribution in [2.24, 2.45) is 0 Å². The van der Waals surface area contributed by atoms with E-state index < -0.39 is 0 Å². The van der Waals surface area contributed by atoms with Gasteiger partial charge in [0.05, 0.1) is 10.7 Å². The van der Waals surface area contributed by atoms with E-state index in [-0.39, 0.29) is 0 Å². The van der Waals surface area contributed by atoms with Gasteiger partial charge in [-0.25, -0.2) is 4.98 Å². The normalized spacial score (nSPS) is 12.7. The standard InChI is InChI=1S/C14H15BrClNS/c1-9-10(2)18-14(17-9)7-11(8-15)12-5-3-4-6-13(12)16/h3-6,11H,7-8H2,1-2H3. The van der Waals surface area contributed by atoms with Gasteiger partial charge in [-0.05, 0) is 25.5 Å². The summed E-state index contributed by atoms with van der Waals surface area (Å²) in [6.45, 7) is 4.18. The summed E-state index contributed by atoms with van der Waals surface area (Å²) in [6.07, 6.45) is 0.939. The van der Waals surface area contributed by atoms with Crippen molar-refractivity contribution in [1.82, 2.24) is 4.98 Å². The smallest absolute Gasteiger partial charge is 0.0937 e. The van der Waals surface area contributed by atoms with Crippen LogP contribution in [-0.2, 0) is 6.42 Å². The SMILES string of the molecule is Cc1nc(CC(CBr)c2ccccc2Cl)sc1C. The number of aryl methyl sites for hydroxylation is 2. The number of hydrogen-bond donors (Lipinski definition) is 0. The monoisotopic (exact) mass is 343 g/mol. The zero-order valence-corrected chi connectivity index (χ0v) is 13.6. The molecule has 0 aliphatic carbocycles. The maximum atomic E-state index is 6.26. The Labute approximate surface area is 125 Å². The number of alkyl halides is 1. The highest BCUT2D eigenvalue weighted by Gasteiger charge is 2.16. The molecule has 1 aromatic carbocycles. The second kappa shape index (κ2) is 6.18. The van der Waals surface area contributed by atoms with E-state index in [9.17, 15) is 0 Å². The summed E-state index contributed by atoms with van der Waals surface area (Å²) in [5.74, 6) is 0.378. The topological polar surface area (TPSA) is 12.9 Å². The first-order chi connectivity index (χ1) is 8.61. The molecule has 2 aromatic rings.